The lowest BCUT2D eigenvalue weighted by Crippen LogP contribution is -2.67. The summed E-state index contributed by atoms with van der Waals surface area (Å²) >= 11 is 0. The van der Waals surface area contributed by atoms with E-state index in [0.29, 0.717) is 17.4 Å². The van der Waals surface area contributed by atoms with Crippen LogP contribution in [0.4, 0.5) is 0 Å². The van der Waals surface area contributed by atoms with Crippen molar-refractivity contribution < 1.29 is 5.11 Å². The van der Waals surface area contributed by atoms with E-state index >= 15 is 0 Å². The number of hydrogen-bond acceptors (Lipinski definition) is 3. The highest BCUT2D eigenvalue weighted by molar-refractivity contribution is 5.09. The molecule has 2 unspecified atom stereocenters. The highest BCUT2D eigenvalue weighted by Crippen LogP contribution is 2.58. The summed E-state index contributed by atoms with van der Waals surface area (Å²) in [4.78, 5) is 2.86. The number of nitrogens with one attached hydrogen (secondary N) is 1. The van der Waals surface area contributed by atoms with Gasteiger partial charge in [0, 0.05) is 43.6 Å². The van der Waals surface area contributed by atoms with Gasteiger partial charge in [-0.3, -0.25) is 4.90 Å². The Kier molecular flexibility index (Phi) is 2.61. The molecular formula is C17H28N2O. The summed E-state index contributed by atoms with van der Waals surface area (Å²) in [5, 5.41) is 13.9. The van der Waals surface area contributed by atoms with Crippen molar-refractivity contribution in [3.05, 3.63) is 0 Å². The molecule has 3 nitrogen and oxygen atoms in total. The Labute approximate surface area is 122 Å². The fraction of sp³-hybridized carbons (Fsp3) is 1.00. The van der Waals surface area contributed by atoms with E-state index in [1.807, 2.05) is 0 Å². The van der Waals surface area contributed by atoms with Gasteiger partial charge in [-0.1, -0.05) is 0 Å². The first-order valence-corrected chi connectivity index (χ1v) is 8.86. The molecule has 0 amide bonds. The number of rotatable bonds is 1. The molecule has 2 aliphatic heterocycles. The standard InChI is InChI=1S/C17H28N2O/c20-16-14-7-18-8-15(16)10-19(9-14)17-4-11-1-12(5-17)3-13(2-11)6-17/h11-16,18,20H,1-10H2. The molecule has 0 aromatic rings. The van der Waals surface area contributed by atoms with E-state index in [-0.39, 0.29) is 6.10 Å². The topological polar surface area (TPSA) is 35.5 Å². The zero-order valence-electron chi connectivity index (χ0n) is 12.4. The summed E-state index contributed by atoms with van der Waals surface area (Å²) in [7, 11) is 0. The number of aliphatic hydroxyl groups excluding tert-OH is 1. The van der Waals surface area contributed by atoms with Crippen LogP contribution in [0.5, 0.6) is 0 Å². The van der Waals surface area contributed by atoms with Crippen LogP contribution >= 0.6 is 0 Å². The molecule has 2 N–H and O–H groups in total. The maximum Gasteiger partial charge on any atom is 0.0645 e. The molecule has 20 heavy (non-hydrogen) atoms. The molecule has 6 aliphatic rings. The van der Waals surface area contributed by atoms with E-state index in [4.69, 9.17) is 0 Å². The lowest BCUT2D eigenvalue weighted by molar-refractivity contribution is -0.136. The van der Waals surface area contributed by atoms with Crippen LogP contribution in [0.3, 0.4) is 0 Å². The fourth-order valence-corrected chi connectivity index (χ4v) is 6.91. The molecule has 3 heteroatoms. The Morgan fingerprint density at radius 3 is 1.85 bits per heavy atom. The predicted molar refractivity (Wildman–Crippen MR) is 78.3 cm³/mol. The summed E-state index contributed by atoms with van der Waals surface area (Å²) in [5.41, 5.74) is 0.544. The van der Waals surface area contributed by atoms with Gasteiger partial charge in [-0.15, -0.1) is 0 Å². The van der Waals surface area contributed by atoms with Gasteiger partial charge in [-0.2, -0.15) is 0 Å². The van der Waals surface area contributed by atoms with Crippen LogP contribution in [0.1, 0.15) is 38.5 Å². The molecule has 0 spiro atoms. The summed E-state index contributed by atoms with van der Waals surface area (Å²) in [6.07, 6.45) is 8.98. The predicted octanol–water partition coefficient (Wildman–Crippen LogP) is 1.47. The average Bonchev–Trinajstić information content (AvgIpc) is 2.36. The molecular weight excluding hydrogens is 248 g/mol. The zero-order valence-corrected chi connectivity index (χ0v) is 12.4. The maximum absolute atomic E-state index is 10.4. The van der Waals surface area contributed by atoms with E-state index in [1.165, 1.54) is 38.5 Å². The summed E-state index contributed by atoms with van der Waals surface area (Å²) in [5.74, 6) is 4.06. The number of nitrogens with zero attached hydrogens (tertiary/aromatic N) is 1. The molecule has 4 saturated carbocycles. The van der Waals surface area contributed by atoms with Crippen molar-refractivity contribution in [1.82, 2.24) is 10.2 Å². The van der Waals surface area contributed by atoms with Crippen LogP contribution in [0.2, 0.25) is 0 Å². The van der Waals surface area contributed by atoms with E-state index < -0.39 is 0 Å². The van der Waals surface area contributed by atoms with Gasteiger partial charge in [0.05, 0.1) is 6.10 Å². The third kappa shape index (κ3) is 1.69. The fourth-order valence-electron chi connectivity index (χ4n) is 6.91. The number of fused-ring (bicyclic) bond motifs is 2. The second kappa shape index (κ2) is 4.21. The average molecular weight is 276 g/mol. The quantitative estimate of drug-likeness (QED) is 0.761. The number of hydrogen-bond donors (Lipinski definition) is 2. The van der Waals surface area contributed by atoms with E-state index in [0.717, 1.165) is 43.9 Å². The molecule has 6 fully saturated rings. The number of likely N-dealkylation sites (tertiary alicyclic amines) is 1. The maximum atomic E-state index is 10.4. The van der Waals surface area contributed by atoms with Crippen molar-refractivity contribution >= 4 is 0 Å². The highest BCUT2D eigenvalue weighted by Gasteiger charge is 2.55. The first-order valence-electron chi connectivity index (χ1n) is 8.86. The van der Waals surface area contributed by atoms with Gasteiger partial charge in [0.25, 0.3) is 0 Å². The van der Waals surface area contributed by atoms with Gasteiger partial charge < -0.3 is 10.4 Å². The molecule has 2 saturated heterocycles. The molecule has 112 valence electrons. The first-order chi connectivity index (χ1) is 9.72. The SMILES string of the molecule is OC1C2CNCC1CN(C13CC4CC(CC(C4)C1)C3)C2. The van der Waals surface area contributed by atoms with Crippen LogP contribution in [0, 0.1) is 29.6 Å². The number of piperidine rings is 2. The minimum absolute atomic E-state index is 0.0404. The first kappa shape index (κ1) is 12.4. The Hall–Kier alpha value is -0.120. The third-order valence-electron chi connectivity index (χ3n) is 7.37. The Bertz CT molecular complexity index is 361. The van der Waals surface area contributed by atoms with Crippen LogP contribution in [-0.4, -0.2) is 47.8 Å². The van der Waals surface area contributed by atoms with Crippen molar-refractivity contribution in [1.29, 1.82) is 0 Å². The second-order valence-corrected chi connectivity index (χ2v) is 8.72. The van der Waals surface area contributed by atoms with Gasteiger partial charge in [0.2, 0.25) is 0 Å². The minimum atomic E-state index is -0.0404. The zero-order chi connectivity index (χ0) is 13.3. The van der Waals surface area contributed by atoms with Gasteiger partial charge in [-0.05, 0) is 56.3 Å². The van der Waals surface area contributed by atoms with Gasteiger partial charge in [0.1, 0.15) is 0 Å². The van der Waals surface area contributed by atoms with Crippen molar-refractivity contribution in [2.75, 3.05) is 26.2 Å². The van der Waals surface area contributed by atoms with Gasteiger partial charge >= 0.3 is 0 Å². The molecule has 0 aromatic carbocycles. The van der Waals surface area contributed by atoms with Crippen LogP contribution in [0.25, 0.3) is 0 Å². The molecule has 2 heterocycles. The van der Waals surface area contributed by atoms with Crippen LogP contribution in [0.15, 0.2) is 0 Å². The monoisotopic (exact) mass is 276 g/mol. The summed E-state index contributed by atoms with van der Waals surface area (Å²) in [6.45, 7) is 4.36. The number of aliphatic hydroxyl groups is 1. The van der Waals surface area contributed by atoms with Crippen molar-refractivity contribution in [2.45, 2.75) is 50.2 Å². The minimum Gasteiger partial charge on any atom is -0.392 e. The molecule has 6 bridgehead atoms. The van der Waals surface area contributed by atoms with Gasteiger partial charge in [-0.25, -0.2) is 0 Å². The van der Waals surface area contributed by atoms with E-state index in [1.54, 1.807) is 0 Å². The van der Waals surface area contributed by atoms with Crippen LogP contribution in [-0.2, 0) is 0 Å². The molecule has 0 aromatic heterocycles. The summed E-state index contributed by atoms with van der Waals surface area (Å²) in [6, 6.07) is 0. The molecule has 6 rings (SSSR count). The van der Waals surface area contributed by atoms with Gasteiger partial charge in [0.15, 0.2) is 0 Å². The molecule has 0 radical (unpaired) electrons. The van der Waals surface area contributed by atoms with Crippen molar-refractivity contribution in [2.24, 2.45) is 29.6 Å². The lowest BCUT2D eigenvalue weighted by Gasteiger charge is -2.63. The Balaban J connectivity index is 1.43. The van der Waals surface area contributed by atoms with E-state index in [9.17, 15) is 5.11 Å². The molecule has 4 aliphatic carbocycles. The third-order valence-corrected chi connectivity index (χ3v) is 7.37. The normalized spacial score (nSPS) is 58.0. The van der Waals surface area contributed by atoms with Crippen molar-refractivity contribution in [3.8, 4) is 0 Å². The largest absolute Gasteiger partial charge is 0.392 e. The Morgan fingerprint density at radius 2 is 1.35 bits per heavy atom. The highest BCUT2D eigenvalue weighted by atomic mass is 16.3. The second-order valence-electron chi connectivity index (χ2n) is 8.72. The molecule has 2 atom stereocenters. The smallest absolute Gasteiger partial charge is 0.0645 e. The van der Waals surface area contributed by atoms with Crippen molar-refractivity contribution in [3.63, 3.8) is 0 Å². The van der Waals surface area contributed by atoms with Crippen LogP contribution < -0.4 is 5.32 Å². The van der Waals surface area contributed by atoms with E-state index in [2.05, 4.69) is 10.2 Å². The summed E-state index contributed by atoms with van der Waals surface area (Å²) < 4.78 is 0. The Morgan fingerprint density at radius 1 is 0.850 bits per heavy atom. The lowest BCUT2D eigenvalue weighted by atomic mass is 9.52.